The second kappa shape index (κ2) is 11.1. The van der Waals surface area contributed by atoms with Crippen molar-refractivity contribution in [1.29, 1.82) is 0 Å². The molecule has 1 rings (SSSR count). The van der Waals surface area contributed by atoms with E-state index in [2.05, 4.69) is 13.0 Å². The molecule has 0 radical (unpaired) electrons. The zero-order chi connectivity index (χ0) is 15.3. The monoisotopic (exact) mass is 289 g/mol. The predicted octanol–water partition coefficient (Wildman–Crippen LogP) is 6.14. The largest absolute Gasteiger partial charge is 0.269 e. The van der Waals surface area contributed by atoms with Crippen molar-refractivity contribution in [3.05, 3.63) is 46.0 Å². The normalized spacial score (nSPS) is 11.1. The van der Waals surface area contributed by atoms with E-state index in [4.69, 9.17) is 0 Å². The van der Waals surface area contributed by atoms with Gasteiger partial charge in [0.1, 0.15) is 0 Å². The minimum absolute atomic E-state index is 0.148. The van der Waals surface area contributed by atoms with Gasteiger partial charge in [0.2, 0.25) is 0 Å². The van der Waals surface area contributed by atoms with Crippen LogP contribution >= 0.6 is 0 Å². The molecule has 0 saturated heterocycles. The van der Waals surface area contributed by atoms with Crippen molar-refractivity contribution in [3.8, 4) is 0 Å². The average molecular weight is 289 g/mol. The van der Waals surface area contributed by atoms with Crippen LogP contribution in [0, 0.1) is 10.1 Å². The van der Waals surface area contributed by atoms with Crippen molar-refractivity contribution in [2.75, 3.05) is 0 Å². The lowest BCUT2D eigenvalue weighted by Crippen LogP contribution is -1.86. The van der Waals surface area contributed by atoms with Gasteiger partial charge >= 0.3 is 0 Å². The summed E-state index contributed by atoms with van der Waals surface area (Å²) in [6.45, 7) is 2.25. The first-order valence-corrected chi connectivity index (χ1v) is 8.15. The fraction of sp³-hybridized carbons (Fsp3) is 0.556. The molecule has 0 aromatic heterocycles. The Labute approximate surface area is 128 Å². The van der Waals surface area contributed by atoms with Crippen LogP contribution in [0.2, 0.25) is 0 Å². The molecule has 116 valence electrons. The summed E-state index contributed by atoms with van der Waals surface area (Å²) >= 11 is 0. The van der Waals surface area contributed by atoms with Crippen LogP contribution in [0.1, 0.15) is 70.3 Å². The van der Waals surface area contributed by atoms with E-state index in [1.807, 2.05) is 6.08 Å². The lowest BCUT2D eigenvalue weighted by atomic mass is 10.1. The van der Waals surface area contributed by atoms with Crippen LogP contribution in [0.4, 0.5) is 5.69 Å². The molecule has 0 saturated carbocycles. The third kappa shape index (κ3) is 8.28. The van der Waals surface area contributed by atoms with E-state index in [0.29, 0.717) is 0 Å². The molecule has 0 N–H and O–H groups in total. The van der Waals surface area contributed by atoms with E-state index in [-0.39, 0.29) is 10.6 Å². The standard InChI is InChI=1S/C18H27NO2/c1-2-3-4-5-6-7-8-9-10-11-12-17-13-15-18(16-14-17)19(20)21/h11-16H,2-10H2,1H3. The van der Waals surface area contributed by atoms with Crippen LogP contribution < -0.4 is 0 Å². The second-order valence-electron chi connectivity index (χ2n) is 5.51. The first kappa shape index (κ1) is 17.4. The van der Waals surface area contributed by atoms with Gasteiger partial charge in [-0.2, -0.15) is 0 Å². The highest BCUT2D eigenvalue weighted by molar-refractivity contribution is 5.51. The van der Waals surface area contributed by atoms with Gasteiger partial charge in [-0.15, -0.1) is 0 Å². The minimum atomic E-state index is -0.367. The lowest BCUT2D eigenvalue weighted by Gasteiger charge is -2.00. The molecular weight excluding hydrogens is 262 g/mol. The molecule has 0 amide bonds. The fourth-order valence-electron chi connectivity index (χ4n) is 2.32. The highest BCUT2D eigenvalue weighted by atomic mass is 16.6. The van der Waals surface area contributed by atoms with Gasteiger partial charge in [-0.3, -0.25) is 10.1 Å². The average Bonchev–Trinajstić information content (AvgIpc) is 2.49. The molecule has 0 unspecified atom stereocenters. The Kier molecular flexibility index (Phi) is 9.18. The number of rotatable bonds is 11. The number of allylic oxidation sites excluding steroid dienone is 1. The summed E-state index contributed by atoms with van der Waals surface area (Å²) in [7, 11) is 0. The number of hydrogen-bond acceptors (Lipinski definition) is 2. The summed E-state index contributed by atoms with van der Waals surface area (Å²) < 4.78 is 0. The van der Waals surface area contributed by atoms with E-state index >= 15 is 0 Å². The third-order valence-corrected chi connectivity index (χ3v) is 3.64. The lowest BCUT2D eigenvalue weighted by molar-refractivity contribution is -0.384. The predicted molar refractivity (Wildman–Crippen MR) is 89.4 cm³/mol. The number of non-ortho nitro benzene ring substituents is 1. The van der Waals surface area contributed by atoms with Crippen molar-refractivity contribution in [2.45, 2.75) is 64.7 Å². The molecule has 0 aliphatic heterocycles. The summed E-state index contributed by atoms with van der Waals surface area (Å²) in [5.41, 5.74) is 1.18. The maximum Gasteiger partial charge on any atom is 0.269 e. The number of nitro groups is 1. The molecule has 0 heterocycles. The van der Waals surface area contributed by atoms with E-state index in [9.17, 15) is 10.1 Å². The van der Waals surface area contributed by atoms with Crippen molar-refractivity contribution in [2.24, 2.45) is 0 Å². The van der Waals surface area contributed by atoms with Gasteiger partial charge in [-0.1, -0.05) is 64.0 Å². The van der Waals surface area contributed by atoms with Crippen LogP contribution in [0.5, 0.6) is 0 Å². The number of benzene rings is 1. The minimum Gasteiger partial charge on any atom is -0.258 e. The van der Waals surface area contributed by atoms with Crippen molar-refractivity contribution in [3.63, 3.8) is 0 Å². The van der Waals surface area contributed by atoms with Crippen LogP contribution in [0.15, 0.2) is 30.3 Å². The van der Waals surface area contributed by atoms with Crippen molar-refractivity contribution >= 4 is 11.8 Å². The summed E-state index contributed by atoms with van der Waals surface area (Å²) in [6, 6.07) is 6.69. The van der Waals surface area contributed by atoms with E-state index in [0.717, 1.165) is 12.0 Å². The summed E-state index contributed by atoms with van der Waals surface area (Å²) in [5, 5.41) is 10.5. The smallest absolute Gasteiger partial charge is 0.258 e. The van der Waals surface area contributed by atoms with Gasteiger partial charge in [-0.25, -0.2) is 0 Å². The molecule has 3 nitrogen and oxygen atoms in total. The van der Waals surface area contributed by atoms with Crippen LogP contribution in [-0.4, -0.2) is 4.92 Å². The first-order chi connectivity index (χ1) is 10.2. The molecule has 0 bridgehead atoms. The Hall–Kier alpha value is -1.64. The van der Waals surface area contributed by atoms with E-state index in [1.165, 1.54) is 51.4 Å². The highest BCUT2D eigenvalue weighted by Gasteiger charge is 2.01. The maximum atomic E-state index is 10.5. The SMILES string of the molecule is CCCCCCCCCCC=Cc1ccc([N+](=O)[O-])cc1. The Morgan fingerprint density at radius 2 is 1.52 bits per heavy atom. The molecule has 0 fully saturated rings. The Morgan fingerprint density at radius 1 is 0.952 bits per heavy atom. The highest BCUT2D eigenvalue weighted by Crippen LogP contribution is 2.14. The van der Waals surface area contributed by atoms with Crippen molar-refractivity contribution in [1.82, 2.24) is 0 Å². The number of unbranched alkanes of at least 4 members (excludes halogenated alkanes) is 8. The Morgan fingerprint density at radius 3 is 2.10 bits per heavy atom. The molecule has 1 aromatic carbocycles. The van der Waals surface area contributed by atoms with Crippen LogP contribution in [-0.2, 0) is 0 Å². The molecule has 21 heavy (non-hydrogen) atoms. The second-order valence-corrected chi connectivity index (χ2v) is 5.51. The topological polar surface area (TPSA) is 43.1 Å². The molecule has 0 aliphatic carbocycles. The van der Waals surface area contributed by atoms with Gasteiger partial charge in [0, 0.05) is 12.1 Å². The molecular formula is C18H27NO2. The van der Waals surface area contributed by atoms with Gasteiger partial charge in [-0.05, 0) is 30.5 Å². The number of nitro benzene ring substituents is 1. The quantitative estimate of drug-likeness (QED) is 0.279. The zero-order valence-corrected chi connectivity index (χ0v) is 13.1. The van der Waals surface area contributed by atoms with Gasteiger partial charge in [0.05, 0.1) is 4.92 Å². The zero-order valence-electron chi connectivity index (χ0n) is 13.1. The first-order valence-electron chi connectivity index (χ1n) is 8.15. The van der Waals surface area contributed by atoms with Gasteiger partial charge in [0.15, 0.2) is 0 Å². The van der Waals surface area contributed by atoms with Crippen LogP contribution in [0.25, 0.3) is 6.08 Å². The maximum absolute atomic E-state index is 10.5. The van der Waals surface area contributed by atoms with Crippen molar-refractivity contribution < 1.29 is 4.92 Å². The summed E-state index contributed by atoms with van der Waals surface area (Å²) in [4.78, 5) is 10.2. The Bertz CT molecular complexity index is 423. The molecule has 1 aromatic rings. The van der Waals surface area contributed by atoms with Gasteiger partial charge < -0.3 is 0 Å². The molecule has 3 heteroatoms. The van der Waals surface area contributed by atoms with Crippen LogP contribution in [0.3, 0.4) is 0 Å². The molecule has 0 spiro atoms. The molecule has 0 aliphatic rings. The fourth-order valence-corrected chi connectivity index (χ4v) is 2.32. The van der Waals surface area contributed by atoms with Gasteiger partial charge in [0.25, 0.3) is 5.69 Å². The summed E-state index contributed by atoms with van der Waals surface area (Å²) in [6.07, 6.45) is 16.0. The number of hydrogen-bond donors (Lipinski definition) is 0. The third-order valence-electron chi connectivity index (χ3n) is 3.64. The molecule has 0 atom stereocenters. The summed E-state index contributed by atoms with van der Waals surface area (Å²) in [5.74, 6) is 0. The number of nitrogens with zero attached hydrogens (tertiary/aromatic N) is 1. The van der Waals surface area contributed by atoms with E-state index < -0.39 is 0 Å². The Balaban J connectivity index is 2.08. The van der Waals surface area contributed by atoms with E-state index in [1.54, 1.807) is 24.3 Å².